The minimum atomic E-state index is 0.154. The molecule has 1 aliphatic carbocycles. The average molecular weight is 432 g/mol. The van der Waals surface area contributed by atoms with Crippen molar-refractivity contribution >= 4 is 16.8 Å². The molecule has 6 nitrogen and oxygen atoms in total. The van der Waals surface area contributed by atoms with Crippen LogP contribution in [0.25, 0.3) is 10.9 Å². The van der Waals surface area contributed by atoms with Gasteiger partial charge in [-0.2, -0.15) is 5.10 Å². The van der Waals surface area contributed by atoms with Crippen LogP contribution in [0.3, 0.4) is 0 Å². The summed E-state index contributed by atoms with van der Waals surface area (Å²) in [5, 5.41) is 6.12. The third-order valence-corrected chi connectivity index (χ3v) is 7.95. The normalized spacial score (nSPS) is 21.9. The largest absolute Gasteiger partial charge is 0.357 e. The maximum absolute atomic E-state index is 13.4. The third kappa shape index (κ3) is 3.36. The fraction of sp³-hybridized carbons (Fsp3) is 0.538. The quantitative estimate of drug-likeness (QED) is 0.671. The van der Waals surface area contributed by atoms with Gasteiger partial charge in [-0.15, -0.1) is 0 Å². The standard InChI is InChI=1S/C26H33N5O/c1-29-24-11-10-18(16-21(24)25(28-29)26(32)30-13-6-2-3-7-14-30)31-15-12-20-19-8-4-5-9-22(19)27-23(20)17-31/h4-5,8-9,18,27H,2-3,6-7,10-17H2,1H3. The van der Waals surface area contributed by atoms with Crippen LogP contribution in [0.2, 0.25) is 0 Å². The predicted octanol–water partition coefficient (Wildman–Crippen LogP) is 3.83. The molecule has 0 bridgehead atoms. The van der Waals surface area contributed by atoms with Crippen molar-refractivity contribution in [1.29, 1.82) is 0 Å². The summed E-state index contributed by atoms with van der Waals surface area (Å²) in [6.07, 6.45) is 8.87. The van der Waals surface area contributed by atoms with Crippen molar-refractivity contribution in [2.24, 2.45) is 7.05 Å². The van der Waals surface area contributed by atoms with Crippen molar-refractivity contribution in [2.45, 2.75) is 64.0 Å². The lowest BCUT2D eigenvalue weighted by molar-refractivity contribution is 0.0752. The number of aromatic nitrogens is 3. The van der Waals surface area contributed by atoms with Crippen molar-refractivity contribution in [3.8, 4) is 0 Å². The maximum Gasteiger partial charge on any atom is 0.274 e. The molecule has 1 unspecified atom stereocenters. The first kappa shape index (κ1) is 20.0. The first-order chi connectivity index (χ1) is 15.7. The van der Waals surface area contributed by atoms with Gasteiger partial charge in [-0.05, 0) is 50.2 Å². The van der Waals surface area contributed by atoms with Gasteiger partial charge in [0.1, 0.15) is 0 Å². The van der Waals surface area contributed by atoms with E-state index in [9.17, 15) is 4.79 Å². The molecule has 0 radical (unpaired) electrons. The fourth-order valence-corrected chi connectivity index (χ4v) is 6.20. The monoisotopic (exact) mass is 431 g/mol. The molecule has 32 heavy (non-hydrogen) atoms. The SMILES string of the molecule is Cn1nc(C(=O)N2CCCCCC2)c2c1CCC(N1CCc3c([nH]c4ccccc34)C1)C2. The number of aromatic amines is 1. The molecule has 1 atom stereocenters. The summed E-state index contributed by atoms with van der Waals surface area (Å²) in [7, 11) is 2.01. The number of nitrogens with one attached hydrogen (secondary N) is 1. The van der Waals surface area contributed by atoms with E-state index < -0.39 is 0 Å². The van der Waals surface area contributed by atoms with E-state index in [1.165, 1.54) is 46.3 Å². The molecule has 6 rings (SSSR count). The summed E-state index contributed by atoms with van der Waals surface area (Å²) < 4.78 is 1.97. The van der Waals surface area contributed by atoms with Crippen LogP contribution in [0.15, 0.2) is 24.3 Å². The van der Waals surface area contributed by atoms with E-state index in [4.69, 9.17) is 5.10 Å². The number of carbonyl (C=O) groups excluding carboxylic acids is 1. The number of H-pyrrole nitrogens is 1. The Morgan fingerprint density at radius 2 is 1.84 bits per heavy atom. The zero-order valence-corrected chi connectivity index (χ0v) is 19.1. The number of rotatable bonds is 2. The Labute approximate surface area is 189 Å². The highest BCUT2D eigenvalue weighted by Crippen LogP contribution is 2.33. The molecule has 6 heteroatoms. The zero-order valence-electron chi connectivity index (χ0n) is 19.1. The Kier molecular flexibility index (Phi) is 5.05. The Morgan fingerprint density at radius 1 is 1.03 bits per heavy atom. The van der Waals surface area contributed by atoms with E-state index in [1.807, 2.05) is 11.7 Å². The van der Waals surface area contributed by atoms with Crippen LogP contribution in [-0.4, -0.2) is 56.1 Å². The van der Waals surface area contributed by atoms with Gasteiger partial charge in [-0.1, -0.05) is 31.0 Å². The van der Waals surface area contributed by atoms with Crippen LogP contribution in [0.5, 0.6) is 0 Å². The van der Waals surface area contributed by atoms with Crippen molar-refractivity contribution in [3.05, 3.63) is 52.5 Å². The summed E-state index contributed by atoms with van der Waals surface area (Å²) in [6.45, 7) is 3.82. The first-order valence-electron chi connectivity index (χ1n) is 12.4. The summed E-state index contributed by atoms with van der Waals surface area (Å²) in [4.78, 5) is 21.8. The molecule has 1 N–H and O–H groups in total. The van der Waals surface area contributed by atoms with E-state index in [1.54, 1.807) is 0 Å². The molecule has 1 aromatic carbocycles. The number of hydrogen-bond donors (Lipinski definition) is 1. The predicted molar refractivity (Wildman–Crippen MR) is 126 cm³/mol. The van der Waals surface area contributed by atoms with Gasteiger partial charge in [-0.25, -0.2) is 0 Å². The molecule has 1 saturated heterocycles. The van der Waals surface area contributed by atoms with E-state index >= 15 is 0 Å². The van der Waals surface area contributed by atoms with Crippen LogP contribution in [0.1, 0.15) is 65.1 Å². The molecular formula is C26H33N5O. The fourth-order valence-electron chi connectivity index (χ4n) is 6.20. The van der Waals surface area contributed by atoms with Crippen molar-refractivity contribution in [1.82, 2.24) is 24.6 Å². The van der Waals surface area contributed by atoms with Crippen molar-refractivity contribution in [2.75, 3.05) is 19.6 Å². The maximum atomic E-state index is 13.4. The molecule has 3 aliphatic rings. The number of hydrogen-bond acceptors (Lipinski definition) is 3. The second-order valence-corrected chi connectivity index (χ2v) is 9.85. The lowest BCUT2D eigenvalue weighted by Gasteiger charge is -2.37. The molecule has 3 aromatic rings. The molecule has 1 fully saturated rings. The lowest BCUT2D eigenvalue weighted by Crippen LogP contribution is -2.43. The van der Waals surface area contributed by atoms with E-state index in [2.05, 4.69) is 39.0 Å². The second-order valence-electron chi connectivity index (χ2n) is 9.85. The number of nitrogens with zero attached hydrogens (tertiary/aromatic N) is 4. The van der Waals surface area contributed by atoms with Gasteiger partial charge in [-0.3, -0.25) is 14.4 Å². The third-order valence-electron chi connectivity index (χ3n) is 7.95. The topological polar surface area (TPSA) is 57.2 Å². The Morgan fingerprint density at radius 3 is 2.69 bits per heavy atom. The Bertz CT molecular complexity index is 1150. The van der Waals surface area contributed by atoms with Crippen LogP contribution in [0.4, 0.5) is 0 Å². The molecule has 168 valence electrons. The van der Waals surface area contributed by atoms with Crippen LogP contribution < -0.4 is 0 Å². The zero-order chi connectivity index (χ0) is 21.7. The van der Waals surface area contributed by atoms with E-state index in [0.717, 1.165) is 70.4 Å². The molecule has 0 spiro atoms. The first-order valence-corrected chi connectivity index (χ1v) is 12.4. The van der Waals surface area contributed by atoms with Gasteiger partial charge in [0, 0.05) is 67.1 Å². The number of para-hydroxylation sites is 1. The van der Waals surface area contributed by atoms with E-state index in [0.29, 0.717) is 6.04 Å². The molecule has 2 aliphatic heterocycles. The van der Waals surface area contributed by atoms with Gasteiger partial charge < -0.3 is 9.88 Å². The van der Waals surface area contributed by atoms with Gasteiger partial charge in [0.15, 0.2) is 5.69 Å². The minimum absolute atomic E-state index is 0.154. The van der Waals surface area contributed by atoms with Crippen LogP contribution >= 0.6 is 0 Å². The smallest absolute Gasteiger partial charge is 0.274 e. The van der Waals surface area contributed by atoms with Gasteiger partial charge in [0.2, 0.25) is 0 Å². The van der Waals surface area contributed by atoms with Crippen LogP contribution in [-0.2, 0) is 32.9 Å². The summed E-state index contributed by atoms with van der Waals surface area (Å²) in [5.74, 6) is 0.154. The molecule has 4 heterocycles. The minimum Gasteiger partial charge on any atom is -0.357 e. The lowest BCUT2D eigenvalue weighted by atomic mass is 9.88. The number of benzene rings is 1. The summed E-state index contributed by atoms with van der Waals surface area (Å²) in [5.41, 5.74) is 7.31. The van der Waals surface area contributed by atoms with Gasteiger partial charge >= 0.3 is 0 Å². The average Bonchev–Trinajstić information content (AvgIpc) is 3.21. The highest BCUT2D eigenvalue weighted by Gasteiger charge is 2.34. The molecule has 0 saturated carbocycles. The highest BCUT2D eigenvalue weighted by molar-refractivity contribution is 5.94. The van der Waals surface area contributed by atoms with Gasteiger partial charge in [0.05, 0.1) is 0 Å². The number of likely N-dealkylation sites (tertiary alicyclic amines) is 1. The Balaban J connectivity index is 1.24. The molecule has 1 amide bonds. The highest BCUT2D eigenvalue weighted by atomic mass is 16.2. The van der Waals surface area contributed by atoms with Crippen molar-refractivity contribution in [3.63, 3.8) is 0 Å². The number of fused-ring (bicyclic) bond motifs is 4. The summed E-state index contributed by atoms with van der Waals surface area (Å²) >= 11 is 0. The Hall–Kier alpha value is -2.60. The molecule has 2 aromatic heterocycles. The second kappa shape index (κ2) is 8.07. The van der Waals surface area contributed by atoms with Crippen LogP contribution in [0, 0.1) is 0 Å². The number of amides is 1. The number of carbonyl (C=O) groups is 1. The summed E-state index contributed by atoms with van der Waals surface area (Å²) in [6, 6.07) is 9.14. The molecular weight excluding hydrogens is 398 g/mol. The van der Waals surface area contributed by atoms with Gasteiger partial charge in [0.25, 0.3) is 5.91 Å². The van der Waals surface area contributed by atoms with Crippen molar-refractivity contribution < 1.29 is 4.79 Å². The van der Waals surface area contributed by atoms with E-state index in [-0.39, 0.29) is 5.91 Å². The number of aryl methyl sites for hydroxylation is 1.